The second kappa shape index (κ2) is 7.77. The first-order chi connectivity index (χ1) is 17.2. The first-order valence-corrected chi connectivity index (χ1v) is 13.1. The average molecular weight is 471 g/mol. The number of hydrogen-bond acceptors (Lipinski definition) is 4. The number of pyridine rings is 1. The molecule has 2 aliphatic rings. The van der Waals surface area contributed by atoms with Crippen molar-refractivity contribution in [1.29, 1.82) is 0 Å². The molecule has 5 nitrogen and oxygen atoms in total. The molecule has 0 saturated heterocycles. The summed E-state index contributed by atoms with van der Waals surface area (Å²) < 4.78 is 43.8. The second-order valence-electron chi connectivity index (χ2n) is 9.00. The molecule has 3 atom stereocenters. The molecule has 170 valence electrons. The van der Waals surface area contributed by atoms with E-state index in [0.29, 0.717) is 23.2 Å². The molecule has 0 spiro atoms. The van der Waals surface area contributed by atoms with Crippen LogP contribution in [0.1, 0.15) is 60.3 Å². The van der Waals surface area contributed by atoms with Crippen molar-refractivity contribution >= 4 is 32.3 Å². The molecule has 34 heavy (non-hydrogen) atoms. The smallest absolute Gasteiger partial charge is 0.257 e. The summed E-state index contributed by atoms with van der Waals surface area (Å²) in [6.07, 6.45) is 1.71. The third-order valence-electron chi connectivity index (χ3n) is 6.94. The lowest BCUT2D eigenvalue weighted by Gasteiger charge is -2.27. The van der Waals surface area contributed by atoms with Crippen LogP contribution < -0.4 is 5.32 Å². The fourth-order valence-corrected chi connectivity index (χ4v) is 6.44. The fourth-order valence-electron chi connectivity index (χ4n) is 5.54. The molecule has 0 aliphatic heterocycles. The molecule has 4 aromatic rings. The quantitative estimate of drug-likeness (QED) is 0.418. The maximum Gasteiger partial charge on any atom is 0.257 e. The highest BCUT2D eigenvalue weighted by atomic mass is 32.2. The monoisotopic (exact) mass is 470 g/mol. The predicted molar refractivity (Wildman–Crippen MR) is 133 cm³/mol. The van der Waals surface area contributed by atoms with Crippen LogP contribution in [-0.4, -0.2) is 25.6 Å². The molecular weight excluding hydrogens is 444 g/mol. The van der Waals surface area contributed by atoms with Crippen LogP contribution >= 0.6 is 0 Å². The number of para-hydroxylation sites is 1. The number of rotatable bonds is 4. The highest BCUT2D eigenvalue weighted by Gasteiger charge is 2.45. The fraction of sp³-hybridized carbons (Fsp3) is 0.214. The molecule has 1 aromatic heterocycles. The van der Waals surface area contributed by atoms with E-state index in [0.717, 1.165) is 22.8 Å². The summed E-state index contributed by atoms with van der Waals surface area (Å²) >= 11 is 0. The Kier molecular flexibility index (Phi) is 4.31. The Morgan fingerprint density at radius 1 is 0.941 bits per heavy atom. The maximum atomic E-state index is 13.8. The molecule has 6 rings (SSSR count). The van der Waals surface area contributed by atoms with E-state index in [9.17, 15) is 13.2 Å². The van der Waals surface area contributed by atoms with Gasteiger partial charge in [-0.1, -0.05) is 54.6 Å². The molecule has 1 fully saturated rings. The molecule has 1 N–H and O–H groups in total. The van der Waals surface area contributed by atoms with Crippen LogP contribution in [0.4, 0.5) is 5.69 Å². The summed E-state index contributed by atoms with van der Waals surface area (Å²) in [7, 11) is -3.78. The third kappa shape index (κ3) is 3.32. The van der Waals surface area contributed by atoms with Gasteiger partial charge in [-0.2, -0.15) is 0 Å². The SMILES string of the molecule is [2H]C1([2H])C2CC(c3ccccc32)C1c1cccc(S(C)(=O)=O)c1C(=O)Nc1cccc2cccnc12. The number of anilines is 1. The topological polar surface area (TPSA) is 76.1 Å². The van der Waals surface area contributed by atoms with Gasteiger partial charge in [-0.05, 0) is 65.4 Å². The van der Waals surface area contributed by atoms with Crippen LogP contribution in [0.2, 0.25) is 0 Å². The normalized spacial score (nSPS) is 23.3. The molecule has 2 bridgehead atoms. The molecule has 1 saturated carbocycles. The zero-order valence-electron chi connectivity index (χ0n) is 20.5. The van der Waals surface area contributed by atoms with Crippen LogP contribution in [0.25, 0.3) is 10.9 Å². The maximum absolute atomic E-state index is 13.8. The van der Waals surface area contributed by atoms with Gasteiger partial charge in [0.15, 0.2) is 9.84 Å². The highest BCUT2D eigenvalue weighted by Crippen LogP contribution is 2.60. The number of nitrogens with one attached hydrogen (secondary N) is 1. The van der Waals surface area contributed by atoms with Crippen molar-refractivity contribution < 1.29 is 16.0 Å². The lowest BCUT2D eigenvalue weighted by Crippen LogP contribution is -2.21. The predicted octanol–water partition coefficient (Wildman–Crippen LogP) is 5.65. The molecule has 1 heterocycles. The van der Waals surface area contributed by atoms with E-state index < -0.39 is 28.0 Å². The minimum atomic E-state index is -3.78. The van der Waals surface area contributed by atoms with Crippen molar-refractivity contribution in [1.82, 2.24) is 4.98 Å². The Bertz CT molecular complexity index is 1650. The lowest BCUT2D eigenvalue weighted by molar-refractivity contribution is 0.102. The van der Waals surface area contributed by atoms with Crippen LogP contribution in [0.3, 0.4) is 0 Å². The number of sulfone groups is 1. The van der Waals surface area contributed by atoms with Crippen LogP contribution in [0, 0.1) is 0 Å². The van der Waals surface area contributed by atoms with Gasteiger partial charge in [-0.25, -0.2) is 8.42 Å². The zero-order valence-corrected chi connectivity index (χ0v) is 19.3. The Balaban J connectivity index is 1.51. The summed E-state index contributed by atoms with van der Waals surface area (Å²) in [4.78, 5) is 18.1. The number of carbonyl (C=O) groups is 1. The Labute approximate surface area is 201 Å². The molecular formula is C28H24N2O3S. The number of aromatic nitrogens is 1. The van der Waals surface area contributed by atoms with E-state index in [1.165, 1.54) is 6.07 Å². The van der Waals surface area contributed by atoms with E-state index in [-0.39, 0.29) is 22.3 Å². The van der Waals surface area contributed by atoms with Gasteiger partial charge in [0.1, 0.15) is 0 Å². The Morgan fingerprint density at radius 2 is 1.68 bits per heavy atom. The number of carbonyl (C=O) groups excluding carboxylic acids is 1. The van der Waals surface area contributed by atoms with Crippen molar-refractivity contribution in [3.8, 4) is 0 Å². The van der Waals surface area contributed by atoms with Crippen LogP contribution in [0.5, 0.6) is 0 Å². The van der Waals surface area contributed by atoms with Gasteiger partial charge < -0.3 is 5.32 Å². The van der Waals surface area contributed by atoms with Crippen molar-refractivity contribution in [3.05, 3.63) is 101 Å². The van der Waals surface area contributed by atoms with Gasteiger partial charge in [0.05, 0.1) is 21.7 Å². The first-order valence-electron chi connectivity index (χ1n) is 12.2. The van der Waals surface area contributed by atoms with E-state index in [1.807, 2.05) is 36.4 Å². The van der Waals surface area contributed by atoms with Crippen molar-refractivity contribution in [2.75, 3.05) is 11.6 Å². The number of hydrogen-bond donors (Lipinski definition) is 1. The summed E-state index contributed by atoms with van der Waals surface area (Å²) in [5.41, 5.74) is 3.58. The van der Waals surface area contributed by atoms with E-state index >= 15 is 0 Å². The standard InChI is InChI=1S/C28H24N2O3S/c1-34(32,33)25-13-5-11-21(23-16-18-15-22(23)20-10-3-2-9-19(18)20)26(25)28(31)30-24-12-4-7-17-8-6-14-29-27(17)24/h2-14,18,22-23H,15-16H2,1H3,(H,30,31)/i16D2. The van der Waals surface area contributed by atoms with Gasteiger partial charge >= 0.3 is 0 Å². The summed E-state index contributed by atoms with van der Waals surface area (Å²) in [6, 6.07) is 21.7. The van der Waals surface area contributed by atoms with E-state index in [4.69, 9.17) is 2.74 Å². The number of nitrogens with zero attached hydrogens (tertiary/aromatic N) is 1. The summed E-state index contributed by atoms with van der Waals surface area (Å²) in [5, 5.41) is 3.72. The molecule has 0 radical (unpaired) electrons. The lowest BCUT2D eigenvalue weighted by atomic mass is 9.78. The van der Waals surface area contributed by atoms with Crippen molar-refractivity contribution in [2.45, 2.75) is 35.4 Å². The molecule has 6 heteroatoms. The number of benzene rings is 3. The van der Waals surface area contributed by atoms with E-state index in [1.54, 1.807) is 36.5 Å². The minimum absolute atomic E-state index is 0.00633. The molecule has 3 aromatic carbocycles. The molecule has 3 unspecified atom stereocenters. The third-order valence-corrected chi connectivity index (χ3v) is 8.08. The van der Waals surface area contributed by atoms with Gasteiger partial charge in [-0.3, -0.25) is 9.78 Å². The van der Waals surface area contributed by atoms with Crippen LogP contribution in [-0.2, 0) is 9.84 Å². The van der Waals surface area contributed by atoms with Gasteiger partial charge in [0.2, 0.25) is 0 Å². The zero-order chi connectivity index (χ0) is 25.2. The largest absolute Gasteiger partial charge is 0.320 e. The Hall–Kier alpha value is -3.51. The number of amides is 1. The second-order valence-corrected chi connectivity index (χ2v) is 11.0. The summed E-state index contributed by atoms with van der Waals surface area (Å²) in [6.45, 7) is 0. The van der Waals surface area contributed by atoms with Gasteiger partial charge in [-0.15, -0.1) is 0 Å². The highest BCUT2D eigenvalue weighted by molar-refractivity contribution is 7.90. The molecule has 1 amide bonds. The molecule has 2 aliphatic carbocycles. The first kappa shape index (κ1) is 18.9. The number of fused-ring (bicyclic) bond motifs is 6. The minimum Gasteiger partial charge on any atom is -0.320 e. The average Bonchev–Trinajstić information content (AvgIpc) is 3.36. The van der Waals surface area contributed by atoms with E-state index in [2.05, 4.69) is 10.3 Å². The van der Waals surface area contributed by atoms with Crippen molar-refractivity contribution in [3.63, 3.8) is 0 Å². The Morgan fingerprint density at radius 3 is 2.50 bits per heavy atom. The summed E-state index contributed by atoms with van der Waals surface area (Å²) in [5.74, 6) is -1.67. The van der Waals surface area contributed by atoms with Crippen molar-refractivity contribution in [2.24, 2.45) is 0 Å². The van der Waals surface area contributed by atoms with Gasteiger partial charge in [0.25, 0.3) is 5.91 Å². The van der Waals surface area contributed by atoms with Gasteiger partial charge in [0, 0.05) is 20.6 Å². The van der Waals surface area contributed by atoms with Crippen LogP contribution in [0.15, 0.2) is 83.9 Å².